The summed E-state index contributed by atoms with van der Waals surface area (Å²) in [6, 6.07) is 8.77. The maximum atomic E-state index is 4.19. The Morgan fingerprint density at radius 2 is 1.81 bits per heavy atom. The van der Waals surface area contributed by atoms with E-state index in [1.165, 1.54) is 18.4 Å². The first-order valence-electron chi connectivity index (χ1n) is 7.92. The molecule has 1 aromatic carbocycles. The summed E-state index contributed by atoms with van der Waals surface area (Å²) >= 11 is 0. The van der Waals surface area contributed by atoms with Gasteiger partial charge in [-0.1, -0.05) is 49.9 Å². The third-order valence-electron chi connectivity index (χ3n) is 4.42. The van der Waals surface area contributed by atoms with E-state index in [0.717, 1.165) is 29.4 Å². The van der Waals surface area contributed by atoms with Gasteiger partial charge in [0.05, 0.1) is 0 Å². The Balaban J connectivity index is 1.83. The molecule has 0 spiro atoms. The summed E-state index contributed by atoms with van der Waals surface area (Å²) in [6.07, 6.45) is 2.74. The molecule has 114 valence electrons. The Morgan fingerprint density at radius 3 is 2.38 bits per heavy atom. The number of hydrogen-bond acceptors (Lipinski definition) is 2. The highest BCUT2D eigenvalue weighted by Gasteiger charge is 2.22. The largest absolute Gasteiger partial charge is 0.388 e. The third kappa shape index (κ3) is 4.66. The van der Waals surface area contributed by atoms with Gasteiger partial charge < -0.3 is 10.6 Å². The van der Waals surface area contributed by atoms with Crippen LogP contribution in [0.4, 0.5) is 0 Å². The molecule has 0 aliphatic heterocycles. The fourth-order valence-corrected chi connectivity index (χ4v) is 2.30. The minimum atomic E-state index is 0.304. The van der Waals surface area contributed by atoms with Crippen LogP contribution in [0.5, 0.6) is 0 Å². The molecular weight excluding hydrogens is 256 g/mol. The Kier molecular flexibility index (Phi) is 5.11. The zero-order valence-corrected chi connectivity index (χ0v) is 13.6. The van der Waals surface area contributed by atoms with E-state index in [1.54, 1.807) is 0 Å². The minimum absolute atomic E-state index is 0.304. The van der Waals surface area contributed by atoms with Gasteiger partial charge in [0.25, 0.3) is 0 Å². The van der Waals surface area contributed by atoms with Crippen molar-refractivity contribution in [1.82, 2.24) is 10.6 Å². The molecule has 1 aliphatic carbocycles. The monoisotopic (exact) mass is 284 g/mol. The molecule has 1 aromatic rings. The molecule has 0 radical (unpaired) electrons. The molecule has 0 heterocycles. The molecule has 0 saturated heterocycles. The molecule has 0 amide bonds. The van der Waals surface area contributed by atoms with Gasteiger partial charge in [0.15, 0.2) is 0 Å². The zero-order valence-electron chi connectivity index (χ0n) is 13.6. The van der Waals surface area contributed by atoms with E-state index in [0.29, 0.717) is 12.0 Å². The molecule has 2 rings (SSSR count). The highest BCUT2D eigenvalue weighted by Crippen LogP contribution is 2.28. The van der Waals surface area contributed by atoms with Crippen molar-refractivity contribution in [3.63, 3.8) is 0 Å². The fraction of sp³-hybridized carbons (Fsp3) is 0.474. The predicted molar refractivity (Wildman–Crippen MR) is 91.8 cm³/mol. The van der Waals surface area contributed by atoms with E-state index in [4.69, 9.17) is 0 Å². The van der Waals surface area contributed by atoms with Crippen LogP contribution in [-0.2, 0) is 0 Å². The van der Waals surface area contributed by atoms with Gasteiger partial charge in [0, 0.05) is 29.9 Å². The van der Waals surface area contributed by atoms with Crippen molar-refractivity contribution in [1.29, 1.82) is 0 Å². The van der Waals surface area contributed by atoms with Crippen LogP contribution >= 0.6 is 0 Å². The summed E-state index contributed by atoms with van der Waals surface area (Å²) < 4.78 is 0. The number of aryl methyl sites for hydroxylation is 1. The highest BCUT2D eigenvalue weighted by atomic mass is 15.0. The SMILES string of the molecule is C=C(NC(C)C(C)C(=C)NCC1CC1)c1ccc(C)cc1. The second-order valence-corrected chi connectivity index (χ2v) is 6.42. The first-order chi connectivity index (χ1) is 9.97. The van der Waals surface area contributed by atoms with Gasteiger partial charge in [0.1, 0.15) is 0 Å². The van der Waals surface area contributed by atoms with Gasteiger partial charge in [-0.2, -0.15) is 0 Å². The summed E-state index contributed by atoms with van der Waals surface area (Å²) in [4.78, 5) is 0. The number of benzene rings is 1. The smallest absolute Gasteiger partial charge is 0.0343 e. The lowest BCUT2D eigenvalue weighted by Gasteiger charge is -2.26. The van der Waals surface area contributed by atoms with Crippen LogP contribution in [0.15, 0.2) is 43.1 Å². The van der Waals surface area contributed by atoms with Crippen LogP contribution in [-0.4, -0.2) is 12.6 Å². The van der Waals surface area contributed by atoms with Crippen molar-refractivity contribution in [2.75, 3.05) is 6.54 Å². The standard InChI is InChI=1S/C19H28N2/c1-13-6-10-19(11-7-13)17(5)21-16(4)14(2)15(3)20-12-18-8-9-18/h6-7,10-11,14,16,18,20-21H,3,5,8-9,12H2,1-2,4H3. The summed E-state index contributed by atoms with van der Waals surface area (Å²) in [5.41, 5.74) is 4.52. The molecule has 2 N–H and O–H groups in total. The number of rotatable bonds is 8. The van der Waals surface area contributed by atoms with Crippen molar-refractivity contribution in [3.05, 3.63) is 54.2 Å². The lowest BCUT2D eigenvalue weighted by molar-refractivity contribution is 0.472. The van der Waals surface area contributed by atoms with E-state index < -0.39 is 0 Å². The highest BCUT2D eigenvalue weighted by molar-refractivity contribution is 5.62. The maximum absolute atomic E-state index is 4.19. The van der Waals surface area contributed by atoms with E-state index >= 15 is 0 Å². The molecule has 0 aromatic heterocycles. The predicted octanol–water partition coefficient (Wildman–Crippen LogP) is 4.09. The second kappa shape index (κ2) is 6.84. The Morgan fingerprint density at radius 1 is 1.19 bits per heavy atom. The first-order valence-corrected chi connectivity index (χ1v) is 7.92. The minimum Gasteiger partial charge on any atom is -0.388 e. The first kappa shape index (κ1) is 15.7. The average Bonchev–Trinajstić information content (AvgIpc) is 3.28. The van der Waals surface area contributed by atoms with E-state index in [1.807, 2.05) is 0 Å². The van der Waals surface area contributed by atoms with Crippen LogP contribution in [0.2, 0.25) is 0 Å². The molecule has 1 saturated carbocycles. The Bertz CT molecular complexity index is 497. The summed E-state index contributed by atoms with van der Waals surface area (Å²) in [5, 5.41) is 6.99. The fourth-order valence-electron chi connectivity index (χ4n) is 2.30. The van der Waals surface area contributed by atoms with Crippen molar-refractivity contribution in [3.8, 4) is 0 Å². The van der Waals surface area contributed by atoms with Crippen LogP contribution < -0.4 is 10.6 Å². The van der Waals surface area contributed by atoms with Crippen LogP contribution in [0, 0.1) is 18.8 Å². The normalized spacial score (nSPS) is 16.9. The lowest BCUT2D eigenvalue weighted by Crippen LogP contribution is -2.35. The van der Waals surface area contributed by atoms with Gasteiger partial charge in [-0.15, -0.1) is 0 Å². The average molecular weight is 284 g/mol. The van der Waals surface area contributed by atoms with Gasteiger partial charge in [-0.05, 0) is 38.2 Å². The van der Waals surface area contributed by atoms with Gasteiger partial charge in [-0.25, -0.2) is 0 Å². The molecule has 2 unspecified atom stereocenters. The third-order valence-corrected chi connectivity index (χ3v) is 4.42. The van der Waals surface area contributed by atoms with Gasteiger partial charge >= 0.3 is 0 Å². The van der Waals surface area contributed by atoms with Crippen LogP contribution in [0.1, 0.15) is 37.8 Å². The number of nitrogens with one attached hydrogen (secondary N) is 2. The molecule has 2 nitrogen and oxygen atoms in total. The summed E-state index contributed by atoms with van der Waals surface area (Å²) in [7, 11) is 0. The van der Waals surface area contributed by atoms with Crippen molar-refractivity contribution < 1.29 is 0 Å². The molecule has 1 fully saturated rings. The molecule has 1 aliphatic rings. The zero-order chi connectivity index (χ0) is 15.4. The maximum Gasteiger partial charge on any atom is 0.0343 e. The quantitative estimate of drug-likeness (QED) is 0.751. The van der Waals surface area contributed by atoms with Crippen molar-refractivity contribution in [2.45, 2.75) is 39.7 Å². The second-order valence-electron chi connectivity index (χ2n) is 6.42. The van der Waals surface area contributed by atoms with E-state index in [9.17, 15) is 0 Å². The summed E-state index contributed by atoms with van der Waals surface area (Å²) in [5.74, 6) is 1.24. The Hall–Kier alpha value is -1.70. The van der Waals surface area contributed by atoms with Crippen LogP contribution in [0.25, 0.3) is 5.70 Å². The van der Waals surface area contributed by atoms with Crippen molar-refractivity contribution >= 4 is 5.70 Å². The van der Waals surface area contributed by atoms with E-state index in [2.05, 4.69) is 68.8 Å². The molecule has 2 atom stereocenters. The van der Waals surface area contributed by atoms with Crippen molar-refractivity contribution in [2.24, 2.45) is 11.8 Å². The van der Waals surface area contributed by atoms with Crippen LogP contribution in [0.3, 0.4) is 0 Å². The molecule has 0 bridgehead atoms. The molecule has 2 heteroatoms. The Labute approximate surface area is 129 Å². The molecule has 21 heavy (non-hydrogen) atoms. The lowest BCUT2D eigenvalue weighted by atomic mass is 9.99. The van der Waals surface area contributed by atoms with E-state index in [-0.39, 0.29) is 0 Å². The van der Waals surface area contributed by atoms with Gasteiger partial charge in [-0.3, -0.25) is 0 Å². The van der Waals surface area contributed by atoms with Gasteiger partial charge in [0.2, 0.25) is 0 Å². The topological polar surface area (TPSA) is 24.1 Å². The summed E-state index contributed by atoms with van der Waals surface area (Å²) in [6.45, 7) is 15.9. The molecular formula is C19H28N2. The number of hydrogen-bond donors (Lipinski definition) is 2.